The molecule has 2 nitrogen and oxygen atoms in total. The summed E-state index contributed by atoms with van der Waals surface area (Å²) in [6, 6.07) is 7.56. The fourth-order valence-electron chi connectivity index (χ4n) is 1.19. The molecular formula is C13H17ClN2. The van der Waals surface area contributed by atoms with Gasteiger partial charge in [0.2, 0.25) is 0 Å². The zero-order valence-electron chi connectivity index (χ0n) is 9.92. The molecule has 1 rings (SSSR count). The molecule has 0 atom stereocenters. The van der Waals surface area contributed by atoms with Gasteiger partial charge in [-0.15, -0.1) is 0 Å². The SMILES string of the molecule is C=CC(=NC(C)(C)C)Nc1ccccc1Cl. The Kier molecular flexibility index (Phi) is 4.13. The van der Waals surface area contributed by atoms with Crippen molar-refractivity contribution in [2.24, 2.45) is 4.99 Å². The standard InChI is InChI=1S/C13H17ClN2/c1-5-12(16-13(2,3)4)15-11-9-7-6-8-10(11)14/h5-9H,1H2,2-4H3,(H,15,16). The third-order valence-electron chi connectivity index (χ3n) is 1.79. The average molecular weight is 237 g/mol. The molecular weight excluding hydrogens is 220 g/mol. The van der Waals surface area contributed by atoms with E-state index in [9.17, 15) is 0 Å². The van der Waals surface area contributed by atoms with Gasteiger partial charge in [0.15, 0.2) is 0 Å². The number of amidine groups is 1. The molecule has 0 aliphatic rings. The molecule has 0 amide bonds. The molecule has 1 aromatic carbocycles. The molecule has 86 valence electrons. The summed E-state index contributed by atoms with van der Waals surface area (Å²) in [6.07, 6.45) is 1.69. The van der Waals surface area contributed by atoms with E-state index in [0.29, 0.717) is 5.02 Å². The Bertz CT molecular complexity index is 403. The van der Waals surface area contributed by atoms with Gasteiger partial charge in [-0.25, -0.2) is 0 Å². The van der Waals surface area contributed by atoms with Crippen LogP contribution in [-0.2, 0) is 0 Å². The Morgan fingerprint density at radius 3 is 2.50 bits per heavy atom. The lowest BCUT2D eigenvalue weighted by atomic mass is 10.1. The average Bonchev–Trinajstić information content (AvgIpc) is 2.18. The van der Waals surface area contributed by atoms with E-state index in [0.717, 1.165) is 11.5 Å². The van der Waals surface area contributed by atoms with Crippen molar-refractivity contribution in [2.75, 3.05) is 5.32 Å². The summed E-state index contributed by atoms with van der Waals surface area (Å²) in [7, 11) is 0. The van der Waals surface area contributed by atoms with Crippen molar-refractivity contribution in [3.8, 4) is 0 Å². The minimum atomic E-state index is -0.141. The number of benzene rings is 1. The number of hydrogen-bond donors (Lipinski definition) is 1. The highest BCUT2D eigenvalue weighted by Gasteiger charge is 2.09. The fourth-order valence-corrected chi connectivity index (χ4v) is 1.37. The monoisotopic (exact) mass is 236 g/mol. The van der Waals surface area contributed by atoms with Crippen LogP contribution in [0.5, 0.6) is 0 Å². The maximum atomic E-state index is 6.04. The van der Waals surface area contributed by atoms with Crippen molar-refractivity contribution in [3.05, 3.63) is 41.9 Å². The molecule has 0 aromatic heterocycles. The van der Waals surface area contributed by atoms with Crippen LogP contribution in [-0.4, -0.2) is 11.4 Å². The first-order valence-corrected chi connectivity index (χ1v) is 5.54. The maximum absolute atomic E-state index is 6.04. The Hall–Kier alpha value is -1.28. The third-order valence-corrected chi connectivity index (χ3v) is 2.12. The van der Waals surface area contributed by atoms with Gasteiger partial charge in [-0.1, -0.05) is 30.3 Å². The molecule has 0 aliphatic heterocycles. The summed E-state index contributed by atoms with van der Waals surface area (Å²) in [5.74, 6) is 0.723. The van der Waals surface area contributed by atoms with Crippen LogP contribution < -0.4 is 5.32 Å². The van der Waals surface area contributed by atoms with Crippen molar-refractivity contribution in [1.29, 1.82) is 0 Å². The van der Waals surface area contributed by atoms with Gasteiger partial charge in [-0.05, 0) is 39.0 Å². The predicted octanol–water partition coefficient (Wildman–Crippen LogP) is 4.13. The maximum Gasteiger partial charge on any atom is 0.125 e. The summed E-state index contributed by atoms with van der Waals surface area (Å²) < 4.78 is 0. The molecule has 16 heavy (non-hydrogen) atoms. The second-order valence-corrected chi connectivity index (χ2v) is 4.88. The van der Waals surface area contributed by atoms with Crippen molar-refractivity contribution < 1.29 is 0 Å². The first-order chi connectivity index (χ1) is 7.42. The Labute approximate surface area is 102 Å². The van der Waals surface area contributed by atoms with E-state index in [2.05, 4.69) is 16.9 Å². The molecule has 0 spiro atoms. The number of nitrogens with zero attached hydrogens (tertiary/aromatic N) is 1. The zero-order valence-corrected chi connectivity index (χ0v) is 10.7. The molecule has 1 aromatic rings. The summed E-state index contributed by atoms with van der Waals surface area (Å²) in [5, 5.41) is 3.83. The lowest BCUT2D eigenvalue weighted by Crippen LogP contribution is -2.18. The quantitative estimate of drug-likeness (QED) is 0.606. The van der Waals surface area contributed by atoms with E-state index < -0.39 is 0 Å². The lowest BCUT2D eigenvalue weighted by molar-refractivity contribution is 0.584. The van der Waals surface area contributed by atoms with Crippen LogP contribution >= 0.6 is 11.6 Å². The molecule has 0 saturated carbocycles. The molecule has 1 N–H and O–H groups in total. The van der Waals surface area contributed by atoms with Crippen molar-refractivity contribution in [2.45, 2.75) is 26.3 Å². The molecule has 0 heterocycles. The van der Waals surface area contributed by atoms with Gasteiger partial charge in [0, 0.05) is 0 Å². The van der Waals surface area contributed by atoms with Crippen LogP contribution in [0.3, 0.4) is 0 Å². The number of nitrogens with one attached hydrogen (secondary N) is 1. The Morgan fingerprint density at radius 1 is 1.38 bits per heavy atom. The molecule has 0 bridgehead atoms. The molecule has 0 radical (unpaired) electrons. The molecule has 0 fully saturated rings. The first-order valence-electron chi connectivity index (χ1n) is 5.16. The third kappa shape index (κ3) is 4.07. The van der Waals surface area contributed by atoms with Crippen LogP contribution in [0, 0.1) is 0 Å². The van der Waals surface area contributed by atoms with E-state index in [1.807, 2.05) is 45.0 Å². The minimum absolute atomic E-state index is 0.141. The number of rotatable bonds is 2. The minimum Gasteiger partial charge on any atom is -0.339 e. The molecule has 3 heteroatoms. The number of para-hydroxylation sites is 1. The van der Waals surface area contributed by atoms with E-state index >= 15 is 0 Å². The van der Waals surface area contributed by atoms with Crippen LogP contribution in [0.4, 0.5) is 5.69 Å². The fraction of sp³-hybridized carbons (Fsp3) is 0.308. The van der Waals surface area contributed by atoms with Gasteiger partial charge in [0.05, 0.1) is 16.2 Å². The van der Waals surface area contributed by atoms with Gasteiger partial charge in [-0.2, -0.15) is 0 Å². The highest BCUT2D eigenvalue weighted by molar-refractivity contribution is 6.33. The van der Waals surface area contributed by atoms with Gasteiger partial charge in [0.25, 0.3) is 0 Å². The van der Waals surface area contributed by atoms with Crippen LogP contribution in [0.25, 0.3) is 0 Å². The highest BCUT2D eigenvalue weighted by atomic mass is 35.5. The first kappa shape index (κ1) is 12.8. The normalized spacial score (nSPS) is 12.4. The van der Waals surface area contributed by atoms with E-state index in [4.69, 9.17) is 11.6 Å². The molecule has 0 saturated heterocycles. The summed E-state index contributed by atoms with van der Waals surface area (Å²) >= 11 is 6.04. The van der Waals surface area contributed by atoms with Crippen LogP contribution in [0.1, 0.15) is 20.8 Å². The van der Waals surface area contributed by atoms with Crippen LogP contribution in [0.15, 0.2) is 41.9 Å². The predicted molar refractivity (Wildman–Crippen MR) is 72.5 cm³/mol. The van der Waals surface area contributed by atoms with E-state index in [-0.39, 0.29) is 5.54 Å². The largest absolute Gasteiger partial charge is 0.339 e. The summed E-state index contributed by atoms with van der Waals surface area (Å²) in [5.41, 5.74) is 0.699. The summed E-state index contributed by atoms with van der Waals surface area (Å²) in [4.78, 5) is 4.49. The molecule has 0 aliphatic carbocycles. The smallest absolute Gasteiger partial charge is 0.125 e. The zero-order chi connectivity index (χ0) is 12.2. The van der Waals surface area contributed by atoms with Gasteiger partial charge in [-0.3, -0.25) is 4.99 Å². The van der Waals surface area contributed by atoms with Gasteiger partial charge >= 0.3 is 0 Å². The molecule has 0 unspecified atom stereocenters. The van der Waals surface area contributed by atoms with Gasteiger partial charge < -0.3 is 5.32 Å². The lowest BCUT2D eigenvalue weighted by Gasteiger charge is -2.15. The van der Waals surface area contributed by atoms with Gasteiger partial charge in [0.1, 0.15) is 5.84 Å². The number of aliphatic imine (C=N–C) groups is 1. The number of hydrogen-bond acceptors (Lipinski definition) is 1. The summed E-state index contributed by atoms with van der Waals surface area (Å²) in [6.45, 7) is 9.83. The van der Waals surface area contributed by atoms with Crippen LogP contribution in [0.2, 0.25) is 5.02 Å². The second-order valence-electron chi connectivity index (χ2n) is 4.48. The topological polar surface area (TPSA) is 24.4 Å². The number of halogens is 1. The Balaban J connectivity index is 2.91. The van der Waals surface area contributed by atoms with E-state index in [1.165, 1.54) is 0 Å². The van der Waals surface area contributed by atoms with Crippen molar-refractivity contribution >= 4 is 23.1 Å². The van der Waals surface area contributed by atoms with E-state index in [1.54, 1.807) is 6.08 Å². The highest BCUT2D eigenvalue weighted by Crippen LogP contribution is 2.21. The number of anilines is 1. The second kappa shape index (κ2) is 5.17. The Morgan fingerprint density at radius 2 is 2.00 bits per heavy atom. The van der Waals surface area contributed by atoms with Crippen molar-refractivity contribution in [1.82, 2.24) is 0 Å². The van der Waals surface area contributed by atoms with Crippen molar-refractivity contribution in [3.63, 3.8) is 0 Å².